The number of rotatable bonds is 6. The third kappa shape index (κ3) is 3.40. The van der Waals surface area contributed by atoms with Crippen LogP contribution in [0.25, 0.3) is 16.6 Å². The molecule has 0 aliphatic heterocycles. The van der Waals surface area contributed by atoms with Crippen molar-refractivity contribution in [3.05, 3.63) is 60.0 Å². The topological polar surface area (TPSA) is 84.2 Å². The number of carbonyl (C=O) groups is 1. The molecule has 0 spiro atoms. The van der Waals surface area contributed by atoms with E-state index in [1.54, 1.807) is 17.5 Å². The van der Waals surface area contributed by atoms with Gasteiger partial charge >= 0.3 is 5.91 Å². The lowest BCUT2D eigenvalue weighted by Gasteiger charge is -2.05. The number of hydrogen-bond donors (Lipinski definition) is 1. The van der Waals surface area contributed by atoms with Crippen LogP contribution in [-0.4, -0.2) is 25.0 Å². The maximum absolute atomic E-state index is 12.8. The maximum Gasteiger partial charge on any atom is 0.314 e. The molecule has 0 saturated carbocycles. The van der Waals surface area contributed by atoms with Crippen LogP contribution < -0.4 is 0 Å². The first kappa shape index (κ1) is 18.9. The van der Waals surface area contributed by atoms with E-state index in [9.17, 15) is 9.90 Å². The van der Waals surface area contributed by atoms with Crippen LogP contribution in [0.15, 0.2) is 58.9 Å². The minimum atomic E-state index is -0.497. The summed E-state index contributed by atoms with van der Waals surface area (Å²) in [7, 11) is 0. The molecule has 3 heterocycles. The van der Waals surface area contributed by atoms with E-state index >= 15 is 0 Å². The van der Waals surface area contributed by atoms with Crippen molar-refractivity contribution in [2.75, 3.05) is 0 Å². The minimum Gasteiger partial charge on any atom is -0.493 e. The molecule has 0 aliphatic rings. The van der Waals surface area contributed by atoms with Gasteiger partial charge in [0.2, 0.25) is 5.88 Å². The first-order valence-corrected chi connectivity index (χ1v) is 9.81. The molecule has 0 saturated heterocycles. The second-order valence-electron chi connectivity index (χ2n) is 7.03. The number of aryl methyl sites for hydroxylation is 2. The van der Waals surface area contributed by atoms with Gasteiger partial charge in [0.05, 0.1) is 11.2 Å². The molecule has 1 N–H and O–H groups in total. The third-order valence-corrected chi connectivity index (χ3v) is 5.05. The normalized spacial score (nSPS) is 11.8. The van der Waals surface area contributed by atoms with Crippen LogP contribution in [0.2, 0.25) is 0 Å². The fraction of sp³-hybridized carbons (Fsp3) is 0.273. The number of aromatic hydroxyl groups is 1. The van der Waals surface area contributed by atoms with Gasteiger partial charge in [0.15, 0.2) is 5.69 Å². The van der Waals surface area contributed by atoms with Crippen molar-refractivity contribution in [3.63, 3.8) is 0 Å². The predicted octanol–water partition coefficient (Wildman–Crippen LogP) is 5.42. The molecular weight excluding hydrogens is 366 g/mol. The number of fused-ring (bicyclic) bond motifs is 2. The van der Waals surface area contributed by atoms with Crippen molar-refractivity contribution in [2.24, 2.45) is 10.2 Å². The summed E-state index contributed by atoms with van der Waals surface area (Å²) in [4.78, 5) is 17.2. The molecule has 0 unspecified atom stereocenters. The number of para-hydroxylation sites is 1. The van der Waals surface area contributed by atoms with Crippen molar-refractivity contribution in [3.8, 4) is 5.88 Å². The molecule has 4 rings (SSSR count). The largest absolute Gasteiger partial charge is 0.493 e. The fourth-order valence-corrected chi connectivity index (χ4v) is 3.63. The number of amides is 1. The monoisotopic (exact) mass is 389 g/mol. The summed E-state index contributed by atoms with van der Waals surface area (Å²) >= 11 is 0. The summed E-state index contributed by atoms with van der Waals surface area (Å²) < 4.78 is 3.54. The Bertz CT molecular complexity index is 1220. The standard InChI is InChI=1S/C22H23N5O2/c1-3-4-8-13-26-17-11-6-5-10-16(17)19(22(26)29)24-25-21(28)20-15(2)23-18-12-7-9-14-27(18)20/h5-7,9-12,14,29H,3-4,8,13H2,1-2H3. The Hall–Kier alpha value is -3.48. The van der Waals surface area contributed by atoms with E-state index in [1.807, 2.05) is 47.0 Å². The lowest BCUT2D eigenvalue weighted by Crippen LogP contribution is -2.01. The van der Waals surface area contributed by atoms with Gasteiger partial charge in [-0.2, -0.15) is 0 Å². The van der Waals surface area contributed by atoms with Crippen LogP contribution in [0.3, 0.4) is 0 Å². The molecule has 148 valence electrons. The SMILES string of the molecule is CCCCCn1c(O)c(N=NC(=O)c2c(C)nc3ccccn23)c2ccccc21. The summed E-state index contributed by atoms with van der Waals surface area (Å²) in [5.74, 6) is -0.461. The van der Waals surface area contributed by atoms with Crippen LogP contribution in [0.5, 0.6) is 5.88 Å². The molecule has 7 nitrogen and oxygen atoms in total. The number of azo groups is 1. The van der Waals surface area contributed by atoms with E-state index in [-0.39, 0.29) is 5.88 Å². The Morgan fingerprint density at radius 2 is 1.93 bits per heavy atom. The molecule has 1 aromatic carbocycles. The van der Waals surface area contributed by atoms with E-state index in [1.165, 1.54) is 0 Å². The molecule has 0 aliphatic carbocycles. The number of benzene rings is 1. The minimum absolute atomic E-state index is 0.0358. The number of aromatic nitrogens is 3. The highest BCUT2D eigenvalue weighted by Crippen LogP contribution is 2.39. The van der Waals surface area contributed by atoms with Crippen LogP contribution in [0.4, 0.5) is 5.69 Å². The van der Waals surface area contributed by atoms with Crippen molar-refractivity contribution in [1.29, 1.82) is 0 Å². The van der Waals surface area contributed by atoms with Crippen molar-refractivity contribution < 1.29 is 9.90 Å². The van der Waals surface area contributed by atoms with Gasteiger partial charge in [-0.3, -0.25) is 9.20 Å². The molecule has 0 bridgehead atoms. The van der Waals surface area contributed by atoms with Gasteiger partial charge < -0.3 is 9.67 Å². The van der Waals surface area contributed by atoms with Gasteiger partial charge in [0.25, 0.3) is 0 Å². The molecule has 0 radical (unpaired) electrons. The van der Waals surface area contributed by atoms with Gasteiger partial charge in [-0.25, -0.2) is 4.98 Å². The highest BCUT2D eigenvalue weighted by molar-refractivity contribution is 5.97. The predicted molar refractivity (Wildman–Crippen MR) is 112 cm³/mol. The lowest BCUT2D eigenvalue weighted by atomic mass is 10.2. The van der Waals surface area contributed by atoms with Crippen LogP contribution >= 0.6 is 0 Å². The van der Waals surface area contributed by atoms with Gasteiger partial charge in [-0.15, -0.1) is 10.2 Å². The summed E-state index contributed by atoms with van der Waals surface area (Å²) in [6, 6.07) is 13.1. The Morgan fingerprint density at radius 3 is 2.76 bits per heavy atom. The highest BCUT2D eigenvalue weighted by atomic mass is 16.3. The molecular formula is C22H23N5O2. The van der Waals surface area contributed by atoms with Gasteiger partial charge in [-0.05, 0) is 31.5 Å². The van der Waals surface area contributed by atoms with E-state index in [0.717, 1.165) is 30.2 Å². The molecule has 1 amide bonds. The Labute approximate surface area is 168 Å². The zero-order valence-corrected chi connectivity index (χ0v) is 16.5. The number of unbranched alkanes of at least 4 members (excludes halogenated alkanes) is 2. The van der Waals surface area contributed by atoms with Crippen LogP contribution in [0, 0.1) is 6.92 Å². The lowest BCUT2D eigenvalue weighted by molar-refractivity contribution is 0.0989. The van der Waals surface area contributed by atoms with E-state index in [4.69, 9.17) is 0 Å². The first-order valence-electron chi connectivity index (χ1n) is 9.81. The number of imidazole rings is 1. The molecule has 3 aromatic heterocycles. The number of pyridine rings is 1. The van der Waals surface area contributed by atoms with Gasteiger partial charge in [0, 0.05) is 18.1 Å². The van der Waals surface area contributed by atoms with Crippen molar-refractivity contribution in [2.45, 2.75) is 39.7 Å². The second kappa shape index (κ2) is 7.87. The van der Waals surface area contributed by atoms with E-state index in [0.29, 0.717) is 29.3 Å². The average Bonchev–Trinajstić information content (AvgIpc) is 3.20. The molecule has 29 heavy (non-hydrogen) atoms. The summed E-state index contributed by atoms with van der Waals surface area (Å²) in [5.41, 5.74) is 2.84. The smallest absolute Gasteiger partial charge is 0.314 e. The number of nitrogens with zero attached hydrogens (tertiary/aromatic N) is 5. The number of hydrogen-bond acceptors (Lipinski definition) is 4. The zero-order valence-electron chi connectivity index (χ0n) is 16.5. The second-order valence-corrected chi connectivity index (χ2v) is 7.03. The van der Waals surface area contributed by atoms with E-state index < -0.39 is 5.91 Å². The summed E-state index contributed by atoms with van der Waals surface area (Å²) in [6.07, 6.45) is 4.91. The average molecular weight is 389 g/mol. The van der Waals surface area contributed by atoms with Crippen molar-refractivity contribution in [1.82, 2.24) is 14.0 Å². The van der Waals surface area contributed by atoms with Crippen molar-refractivity contribution >= 4 is 28.1 Å². The maximum atomic E-state index is 12.8. The zero-order chi connectivity index (χ0) is 20.4. The summed E-state index contributed by atoms with van der Waals surface area (Å²) in [5, 5.41) is 19.6. The molecule has 0 atom stereocenters. The Kier molecular flexibility index (Phi) is 5.12. The van der Waals surface area contributed by atoms with Gasteiger partial charge in [0.1, 0.15) is 11.3 Å². The molecule has 4 aromatic rings. The van der Waals surface area contributed by atoms with Crippen LogP contribution in [-0.2, 0) is 6.54 Å². The van der Waals surface area contributed by atoms with Crippen LogP contribution in [0.1, 0.15) is 42.4 Å². The fourth-order valence-electron chi connectivity index (χ4n) is 3.63. The van der Waals surface area contributed by atoms with Gasteiger partial charge in [-0.1, -0.05) is 44.0 Å². The van der Waals surface area contributed by atoms with E-state index in [2.05, 4.69) is 22.1 Å². The Balaban J connectivity index is 1.72. The Morgan fingerprint density at radius 1 is 1.14 bits per heavy atom. The molecule has 7 heteroatoms. The quantitative estimate of drug-likeness (QED) is 0.353. The summed E-state index contributed by atoms with van der Waals surface area (Å²) in [6.45, 7) is 4.60. The third-order valence-electron chi connectivity index (χ3n) is 5.05. The molecule has 0 fully saturated rings. The number of carbonyl (C=O) groups excluding carboxylic acids is 1. The highest BCUT2D eigenvalue weighted by Gasteiger charge is 2.19. The first-order chi connectivity index (χ1) is 14.1.